The van der Waals surface area contributed by atoms with Gasteiger partial charge in [-0.3, -0.25) is 9.36 Å². The summed E-state index contributed by atoms with van der Waals surface area (Å²) in [5.74, 6) is -1.19. The zero-order valence-electron chi connectivity index (χ0n) is 16.8. The molecule has 1 aromatic carbocycles. The fourth-order valence-electron chi connectivity index (χ4n) is 3.09. The van der Waals surface area contributed by atoms with E-state index in [4.69, 9.17) is 0 Å². The van der Waals surface area contributed by atoms with Crippen LogP contribution in [0, 0.1) is 11.6 Å². The third kappa shape index (κ3) is 4.67. The molecule has 0 saturated heterocycles. The predicted molar refractivity (Wildman–Crippen MR) is 111 cm³/mol. The van der Waals surface area contributed by atoms with Gasteiger partial charge < -0.3 is 15.7 Å². The van der Waals surface area contributed by atoms with E-state index in [-0.39, 0.29) is 11.8 Å². The van der Waals surface area contributed by atoms with E-state index in [9.17, 15) is 13.9 Å². The van der Waals surface area contributed by atoms with Crippen LogP contribution in [0.1, 0.15) is 11.6 Å². The van der Waals surface area contributed by atoms with Gasteiger partial charge in [-0.2, -0.15) is 15.2 Å². The lowest BCUT2D eigenvalue weighted by atomic mass is 10.0. The molecule has 4 aromatic rings. The Balaban J connectivity index is 1.60. The van der Waals surface area contributed by atoms with Crippen molar-refractivity contribution in [2.45, 2.75) is 6.04 Å². The Hall–Kier alpha value is -3.86. The van der Waals surface area contributed by atoms with Crippen LogP contribution in [-0.4, -0.2) is 41.2 Å². The van der Waals surface area contributed by atoms with E-state index in [1.165, 1.54) is 12.1 Å². The second kappa shape index (κ2) is 8.48. The number of benzene rings is 1. The van der Waals surface area contributed by atoms with Crippen LogP contribution in [0.4, 0.5) is 26.2 Å². The van der Waals surface area contributed by atoms with Crippen molar-refractivity contribution in [3.05, 3.63) is 66.4 Å². The van der Waals surface area contributed by atoms with Gasteiger partial charge in [0.1, 0.15) is 5.82 Å². The quantitative estimate of drug-likeness (QED) is 0.417. The van der Waals surface area contributed by atoms with Crippen molar-refractivity contribution < 1.29 is 13.9 Å². The van der Waals surface area contributed by atoms with E-state index in [1.54, 1.807) is 54.3 Å². The van der Waals surface area contributed by atoms with Crippen molar-refractivity contribution in [2.24, 2.45) is 14.1 Å². The third-order valence-electron chi connectivity index (χ3n) is 4.56. The monoisotopic (exact) mass is 426 g/mol. The Morgan fingerprint density at radius 1 is 1.00 bits per heavy atom. The minimum atomic E-state index is -0.804. The van der Waals surface area contributed by atoms with Gasteiger partial charge in [-0.25, -0.2) is 13.8 Å². The van der Waals surface area contributed by atoms with Crippen molar-refractivity contribution in [3.8, 4) is 11.1 Å². The minimum Gasteiger partial charge on any atom is -0.394 e. The molecule has 0 aliphatic rings. The Morgan fingerprint density at radius 2 is 1.77 bits per heavy atom. The van der Waals surface area contributed by atoms with Gasteiger partial charge in [-0.05, 0) is 29.3 Å². The molecule has 160 valence electrons. The van der Waals surface area contributed by atoms with Gasteiger partial charge >= 0.3 is 0 Å². The Kier molecular flexibility index (Phi) is 5.58. The number of hydrogen-bond acceptors (Lipinski definition) is 7. The molecule has 0 fully saturated rings. The highest BCUT2D eigenvalue weighted by atomic mass is 19.1. The Bertz CT molecular complexity index is 1210. The van der Waals surface area contributed by atoms with Crippen LogP contribution < -0.4 is 10.6 Å². The van der Waals surface area contributed by atoms with E-state index >= 15 is 0 Å². The summed E-state index contributed by atoms with van der Waals surface area (Å²) in [6, 6.07) is 3.56. The first-order valence-electron chi connectivity index (χ1n) is 9.36. The molecule has 0 aliphatic carbocycles. The molecule has 0 radical (unpaired) electrons. The van der Waals surface area contributed by atoms with E-state index in [0.29, 0.717) is 16.8 Å². The molecule has 0 unspecified atom stereocenters. The Morgan fingerprint density at radius 3 is 2.45 bits per heavy atom. The van der Waals surface area contributed by atoms with Gasteiger partial charge in [0.05, 0.1) is 36.9 Å². The first-order valence-corrected chi connectivity index (χ1v) is 9.36. The first-order chi connectivity index (χ1) is 14.9. The third-order valence-corrected chi connectivity index (χ3v) is 4.56. The molecule has 1 atom stereocenters. The normalized spacial score (nSPS) is 12.0. The summed E-state index contributed by atoms with van der Waals surface area (Å²) in [4.78, 5) is 8.05. The maximum atomic E-state index is 14.4. The maximum Gasteiger partial charge on any atom is 0.229 e. The molecule has 3 heterocycles. The molecular weight excluding hydrogens is 406 g/mol. The number of hydrogen-bond donors (Lipinski definition) is 3. The van der Waals surface area contributed by atoms with Crippen LogP contribution in [0.15, 0.2) is 49.2 Å². The number of halogens is 2. The van der Waals surface area contributed by atoms with Crippen LogP contribution in [-0.2, 0) is 14.1 Å². The molecule has 0 aliphatic heterocycles. The van der Waals surface area contributed by atoms with E-state index < -0.39 is 24.3 Å². The molecule has 0 spiro atoms. The molecule has 31 heavy (non-hydrogen) atoms. The fraction of sp³-hybridized carbons (Fsp3) is 0.200. The summed E-state index contributed by atoms with van der Waals surface area (Å²) in [5.41, 5.74) is 2.37. The van der Waals surface area contributed by atoms with Crippen molar-refractivity contribution in [1.29, 1.82) is 0 Å². The summed E-state index contributed by atoms with van der Waals surface area (Å²) >= 11 is 0. The summed E-state index contributed by atoms with van der Waals surface area (Å²) in [7, 11) is 3.52. The minimum absolute atomic E-state index is 0.132. The van der Waals surface area contributed by atoms with Crippen LogP contribution in [0.5, 0.6) is 0 Å². The second-order valence-electron chi connectivity index (χ2n) is 6.97. The Labute approximate surface area is 176 Å². The largest absolute Gasteiger partial charge is 0.394 e. The molecule has 3 N–H and O–H groups in total. The topological polar surface area (TPSA) is 106 Å². The van der Waals surface area contributed by atoms with Crippen LogP contribution >= 0.6 is 0 Å². The zero-order valence-corrected chi connectivity index (χ0v) is 16.8. The molecule has 4 rings (SSSR count). The van der Waals surface area contributed by atoms with Gasteiger partial charge in [0.25, 0.3) is 0 Å². The molecule has 0 amide bonds. The highest BCUT2D eigenvalue weighted by Crippen LogP contribution is 2.27. The second-order valence-corrected chi connectivity index (χ2v) is 6.97. The maximum absolute atomic E-state index is 14.4. The van der Waals surface area contributed by atoms with Gasteiger partial charge in [-0.15, -0.1) is 0 Å². The molecular formula is C20H20F2N8O. The number of nitrogens with zero attached hydrogens (tertiary/aromatic N) is 6. The highest BCUT2D eigenvalue weighted by Gasteiger charge is 2.17. The summed E-state index contributed by atoms with van der Waals surface area (Å²) in [5, 5.41) is 23.8. The number of rotatable bonds is 7. The highest BCUT2D eigenvalue weighted by molar-refractivity contribution is 5.63. The van der Waals surface area contributed by atoms with E-state index in [2.05, 4.69) is 30.8 Å². The van der Waals surface area contributed by atoms with Crippen LogP contribution in [0.25, 0.3) is 11.1 Å². The predicted octanol–water partition coefficient (Wildman–Crippen LogP) is 2.78. The van der Waals surface area contributed by atoms with Crippen LogP contribution in [0.2, 0.25) is 0 Å². The average Bonchev–Trinajstić information content (AvgIpc) is 3.35. The number of nitrogens with one attached hydrogen (secondary N) is 2. The zero-order chi connectivity index (χ0) is 22.0. The van der Waals surface area contributed by atoms with Crippen molar-refractivity contribution in [3.63, 3.8) is 0 Å². The van der Waals surface area contributed by atoms with Crippen molar-refractivity contribution >= 4 is 17.5 Å². The molecule has 9 nitrogen and oxygen atoms in total. The molecule has 3 aromatic heterocycles. The SMILES string of the molecule is Cn1cc(Nc2ncc(F)c(N[C@H](CO)c3cc(F)cc(-c4cnn(C)c4)c3)n2)cn1. The number of anilines is 3. The van der Waals surface area contributed by atoms with E-state index in [0.717, 1.165) is 11.8 Å². The molecule has 0 saturated carbocycles. The average molecular weight is 426 g/mol. The number of aliphatic hydroxyl groups excluding tert-OH is 1. The van der Waals surface area contributed by atoms with Crippen molar-refractivity contribution in [2.75, 3.05) is 17.2 Å². The van der Waals surface area contributed by atoms with Gasteiger partial charge in [0, 0.05) is 32.1 Å². The lowest BCUT2D eigenvalue weighted by molar-refractivity contribution is 0.275. The molecule has 0 bridgehead atoms. The van der Waals surface area contributed by atoms with Crippen molar-refractivity contribution in [1.82, 2.24) is 29.5 Å². The fourth-order valence-corrected chi connectivity index (χ4v) is 3.09. The van der Waals surface area contributed by atoms with Crippen LogP contribution in [0.3, 0.4) is 0 Å². The summed E-state index contributed by atoms with van der Waals surface area (Å²) in [6.07, 6.45) is 7.65. The van der Waals surface area contributed by atoms with Gasteiger partial charge in [-0.1, -0.05) is 0 Å². The molecule has 11 heteroatoms. The smallest absolute Gasteiger partial charge is 0.229 e. The van der Waals surface area contributed by atoms with Gasteiger partial charge in [0.2, 0.25) is 5.95 Å². The lowest BCUT2D eigenvalue weighted by Gasteiger charge is -2.19. The number of aromatic nitrogens is 6. The number of aliphatic hydroxyl groups is 1. The number of aryl methyl sites for hydroxylation is 2. The van der Waals surface area contributed by atoms with Gasteiger partial charge in [0.15, 0.2) is 11.6 Å². The lowest BCUT2D eigenvalue weighted by Crippen LogP contribution is -2.17. The summed E-state index contributed by atoms with van der Waals surface area (Å²) < 4.78 is 31.8. The van der Waals surface area contributed by atoms with E-state index in [1.807, 2.05) is 0 Å². The summed E-state index contributed by atoms with van der Waals surface area (Å²) in [6.45, 7) is -0.412. The first kappa shape index (κ1) is 20.4. The standard InChI is InChI=1S/C20H20F2N8O/c1-29-9-14(6-24-29)12-3-13(5-15(21)4-12)18(11-31)27-19-17(22)8-23-20(28-19)26-16-7-25-30(2)10-16/h3-10,18,31H,11H2,1-2H3,(H2,23,26,27,28)/t18-/m1/s1.